The maximum absolute atomic E-state index is 11.3. The smallest absolute Gasteiger partial charge is 0.336 e. The van der Waals surface area contributed by atoms with E-state index < -0.39 is 5.63 Å². The zero-order chi connectivity index (χ0) is 13.3. The number of hydrogen-bond donors (Lipinski definition) is 0. The van der Waals surface area contributed by atoms with Crippen LogP contribution in [0.4, 0.5) is 0 Å². The Balaban J connectivity index is 2.61. The van der Waals surface area contributed by atoms with Crippen molar-refractivity contribution in [2.45, 2.75) is 20.3 Å². The van der Waals surface area contributed by atoms with Crippen molar-refractivity contribution in [3.8, 4) is 5.75 Å². The molecule has 0 atom stereocenters. The predicted molar refractivity (Wildman–Crippen MR) is 68.2 cm³/mol. The van der Waals surface area contributed by atoms with Crippen LogP contribution in [0.25, 0.3) is 11.0 Å². The highest BCUT2D eigenvalue weighted by Crippen LogP contribution is 2.31. The lowest BCUT2D eigenvalue weighted by molar-refractivity contribution is -0.134. The summed E-state index contributed by atoms with van der Waals surface area (Å²) >= 11 is 5.97. The van der Waals surface area contributed by atoms with E-state index >= 15 is 0 Å². The molecule has 1 aromatic heterocycles. The summed E-state index contributed by atoms with van der Waals surface area (Å²) < 4.78 is 10.1. The first-order chi connectivity index (χ1) is 8.51. The second-order valence-corrected chi connectivity index (χ2v) is 4.26. The molecule has 0 saturated carbocycles. The van der Waals surface area contributed by atoms with Crippen molar-refractivity contribution in [3.63, 3.8) is 0 Å². The third-order valence-electron chi connectivity index (χ3n) is 2.52. The second-order valence-electron chi connectivity index (χ2n) is 3.85. The average molecular weight is 267 g/mol. The van der Waals surface area contributed by atoms with E-state index in [1.807, 2.05) is 0 Å². The topological polar surface area (TPSA) is 56.5 Å². The third kappa shape index (κ3) is 2.38. The van der Waals surface area contributed by atoms with Gasteiger partial charge in [-0.1, -0.05) is 18.5 Å². The third-order valence-corrected chi connectivity index (χ3v) is 2.81. The van der Waals surface area contributed by atoms with Crippen LogP contribution in [0.2, 0.25) is 5.02 Å². The molecule has 0 bridgehead atoms. The minimum absolute atomic E-state index is 0.234. The maximum atomic E-state index is 11.3. The van der Waals surface area contributed by atoms with E-state index in [0.717, 1.165) is 5.56 Å². The molecule has 0 radical (unpaired) electrons. The second kappa shape index (κ2) is 4.82. The van der Waals surface area contributed by atoms with Gasteiger partial charge < -0.3 is 9.15 Å². The average Bonchev–Trinajstić information content (AvgIpc) is 2.30. The van der Waals surface area contributed by atoms with Gasteiger partial charge in [0, 0.05) is 23.9 Å². The number of rotatable bonds is 2. The van der Waals surface area contributed by atoms with Crippen LogP contribution in [0.3, 0.4) is 0 Å². The Morgan fingerprint density at radius 2 is 2.11 bits per heavy atom. The fourth-order valence-electron chi connectivity index (χ4n) is 1.59. The Labute approximate surface area is 108 Å². The van der Waals surface area contributed by atoms with Gasteiger partial charge in [0.1, 0.15) is 11.3 Å². The molecule has 1 aromatic carbocycles. The van der Waals surface area contributed by atoms with E-state index in [-0.39, 0.29) is 23.2 Å². The minimum atomic E-state index is -0.436. The summed E-state index contributed by atoms with van der Waals surface area (Å²) in [7, 11) is 0. The van der Waals surface area contributed by atoms with Gasteiger partial charge in [0.05, 0.1) is 5.02 Å². The number of hydrogen-bond acceptors (Lipinski definition) is 4. The van der Waals surface area contributed by atoms with E-state index in [0.29, 0.717) is 11.0 Å². The predicted octanol–water partition coefficient (Wildman–Crippen LogP) is 3.07. The molecule has 1 heterocycles. The van der Waals surface area contributed by atoms with E-state index in [1.54, 1.807) is 19.9 Å². The van der Waals surface area contributed by atoms with Crippen LogP contribution in [0.15, 0.2) is 27.4 Å². The van der Waals surface area contributed by atoms with Gasteiger partial charge >= 0.3 is 11.6 Å². The molecule has 0 fully saturated rings. The molecule has 5 heteroatoms. The molecular weight excluding hydrogens is 256 g/mol. The number of esters is 1. The van der Waals surface area contributed by atoms with Crippen molar-refractivity contribution in [1.29, 1.82) is 0 Å². The molecule has 94 valence electrons. The zero-order valence-electron chi connectivity index (χ0n) is 9.95. The van der Waals surface area contributed by atoms with Crippen LogP contribution >= 0.6 is 11.6 Å². The number of aryl methyl sites for hydroxylation is 1. The summed E-state index contributed by atoms with van der Waals surface area (Å²) in [5.41, 5.74) is 0.683. The number of halogens is 1. The van der Waals surface area contributed by atoms with Crippen molar-refractivity contribution >= 4 is 28.5 Å². The fraction of sp³-hybridized carbons (Fsp3) is 0.231. The molecule has 0 aliphatic rings. The number of ether oxygens (including phenoxy) is 1. The van der Waals surface area contributed by atoms with Crippen molar-refractivity contribution in [2.75, 3.05) is 0 Å². The zero-order valence-corrected chi connectivity index (χ0v) is 10.7. The van der Waals surface area contributed by atoms with Gasteiger partial charge in [0.15, 0.2) is 0 Å². The van der Waals surface area contributed by atoms with E-state index in [2.05, 4.69) is 0 Å². The van der Waals surface area contributed by atoms with Crippen LogP contribution in [0.1, 0.15) is 18.9 Å². The Kier molecular flexibility index (Phi) is 3.39. The molecule has 0 N–H and O–H groups in total. The van der Waals surface area contributed by atoms with Gasteiger partial charge in [-0.05, 0) is 18.6 Å². The van der Waals surface area contributed by atoms with Gasteiger partial charge in [-0.25, -0.2) is 4.79 Å². The summed E-state index contributed by atoms with van der Waals surface area (Å²) in [5.74, 6) is -0.0979. The summed E-state index contributed by atoms with van der Waals surface area (Å²) in [4.78, 5) is 22.5. The van der Waals surface area contributed by atoms with Gasteiger partial charge in [0.2, 0.25) is 0 Å². The van der Waals surface area contributed by atoms with Gasteiger partial charge in [-0.2, -0.15) is 0 Å². The van der Waals surface area contributed by atoms with Crippen LogP contribution in [-0.2, 0) is 4.79 Å². The van der Waals surface area contributed by atoms with Crippen LogP contribution in [-0.4, -0.2) is 5.97 Å². The maximum Gasteiger partial charge on any atom is 0.336 e. The highest BCUT2D eigenvalue weighted by Gasteiger charge is 2.11. The molecule has 0 spiro atoms. The summed E-state index contributed by atoms with van der Waals surface area (Å²) in [6.45, 7) is 3.47. The quantitative estimate of drug-likeness (QED) is 0.476. The Hall–Kier alpha value is -1.81. The first kappa shape index (κ1) is 12.6. The van der Waals surface area contributed by atoms with Crippen molar-refractivity contribution < 1.29 is 13.9 Å². The summed E-state index contributed by atoms with van der Waals surface area (Å²) in [6, 6.07) is 4.45. The van der Waals surface area contributed by atoms with E-state index in [4.69, 9.17) is 20.8 Å². The molecule has 18 heavy (non-hydrogen) atoms. The first-order valence-electron chi connectivity index (χ1n) is 5.46. The van der Waals surface area contributed by atoms with Crippen LogP contribution in [0, 0.1) is 6.92 Å². The highest BCUT2D eigenvalue weighted by molar-refractivity contribution is 6.32. The lowest BCUT2D eigenvalue weighted by Crippen LogP contribution is -2.06. The van der Waals surface area contributed by atoms with Gasteiger partial charge in [-0.3, -0.25) is 4.79 Å². The van der Waals surface area contributed by atoms with E-state index in [9.17, 15) is 9.59 Å². The number of carbonyl (C=O) groups is 1. The number of carbonyl (C=O) groups excluding carboxylic acids is 1. The van der Waals surface area contributed by atoms with Crippen LogP contribution < -0.4 is 10.4 Å². The van der Waals surface area contributed by atoms with Crippen molar-refractivity contribution in [3.05, 3.63) is 39.2 Å². The van der Waals surface area contributed by atoms with Crippen molar-refractivity contribution in [1.82, 2.24) is 0 Å². The largest absolute Gasteiger partial charge is 0.425 e. The SMILES string of the molecule is CCC(=O)Oc1cc2c(C)cc(=O)oc2cc1Cl. The Morgan fingerprint density at radius 3 is 2.78 bits per heavy atom. The van der Waals surface area contributed by atoms with Gasteiger partial charge in [0.25, 0.3) is 0 Å². The summed E-state index contributed by atoms with van der Waals surface area (Å²) in [6.07, 6.45) is 0.261. The van der Waals surface area contributed by atoms with Crippen LogP contribution in [0.5, 0.6) is 5.75 Å². The molecule has 0 aliphatic carbocycles. The first-order valence-corrected chi connectivity index (χ1v) is 5.83. The fourth-order valence-corrected chi connectivity index (χ4v) is 1.79. The monoisotopic (exact) mass is 266 g/mol. The Bertz CT molecular complexity index is 672. The standard InChI is InChI=1S/C13H11ClO4/c1-3-12(15)18-11-5-8-7(2)4-13(16)17-10(8)6-9(11)14/h4-6H,3H2,1-2H3. The van der Waals surface area contributed by atoms with E-state index in [1.165, 1.54) is 12.1 Å². The molecule has 0 amide bonds. The molecule has 0 unspecified atom stereocenters. The summed E-state index contributed by atoms with van der Waals surface area (Å²) in [5, 5.41) is 0.927. The molecule has 2 rings (SSSR count). The number of fused-ring (bicyclic) bond motifs is 1. The molecule has 4 nitrogen and oxygen atoms in total. The molecular formula is C13H11ClO4. The molecule has 0 saturated heterocycles. The lowest BCUT2D eigenvalue weighted by atomic mass is 10.1. The Morgan fingerprint density at radius 1 is 1.39 bits per heavy atom. The van der Waals surface area contributed by atoms with Crippen molar-refractivity contribution in [2.24, 2.45) is 0 Å². The number of benzene rings is 1. The molecule has 2 aromatic rings. The lowest BCUT2D eigenvalue weighted by Gasteiger charge is -2.07. The normalized spacial score (nSPS) is 10.6. The highest BCUT2D eigenvalue weighted by atomic mass is 35.5. The minimum Gasteiger partial charge on any atom is -0.425 e. The van der Waals surface area contributed by atoms with Gasteiger partial charge in [-0.15, -0.1) is 0 Å². The molecule has 0 aliphatic heterocycles.